The van der Waals surface area contributed by atoms with Gasteiger partial charge in [0.15, 0.2) is 5.96 Å². The summed E-state index contributed by atoms with van der Waals surface area (Å²) in [6, 6.07) is 15.8. The van der Waals surface area contributed by atoms with Crippen LogP contribution in [0.25, 0.3) is 11.5 Å². The Labute approximate surface area is 183 Å². The van der Waals surface area contributed by atoms with Crippen molar-refractivity contribution >= 4 is 17.6 Å². The lowest BCUT2D eigenvalue weighted by Gasteiger charge is -2.12. The number of anilines is 1. The van der Waals surface area contributed by atoms with Crippen LogP contribution in [0.5, 0.6) is 0 Å². The van der Waals surface area contributed by atoms with Crippen LogP contribution in [-0.2, 0) is 17.9 Å². The normalized spacial score (nSPS) is 11.5. The van der Waals surface area contributed by atoms with E-state index in [0.29, 0.717) is 24.9 Å². The lowest BCUT2D eigenvalue weighted by atomic mass is 10.1. The van der Waals surface area contributed by atoms with E-state index in [1.807, 2.05) is 69.3 Å². The van der Waals surface area contributed by atoms with Crippen molar-refractivity contribution in [3.8, 4) is 11.5 Å². The van der Waals surface area contributed by atoms with E-state index in [-0.39, 0.29) is 11.8 Å². The average Bonchev–Trinajstić information content (AvgIpc) is 3.24. The molecule has 0 radical (unpaired) electrons. The van der Waals surface area contributed by atoms with Crippen LogP contribution in [-0.4, -0.2) is 23.9 Å². The molecule has 0 unspecified atom stereocenters. The van der Waals surface area contributed by atoms with E-state index in [9.17, 15) is 4.79 Å². The second kappa shape index (κ2) is 10.4. The van der Waals surface area contributed by atoms with Gasteiger partial charge >= 0.3 is 0 Å². The molecule has 1 amide bonds. The first-order valence-electron chi connectivity index (χ1n) is 10.3. The second-order valence-corrected chi connectivity index (χ2v) is 7.63. The monoisotopic (exact) mass is 419 g/mol. The summed E-state index contributed by atoms with van der Waals surface area (Å²) < 4.78 is 5.60. The van der Waals surface area contributed by atoms with E-state index >= 15 is 0 Å². The van der Waals surface area contributed by atoms with E-state index in [4.69, 9.17) is 4.42 Å². The van der Waals surface area contributed by atoms with Gasteiger partial charge in [-0.2, -0.15) is 0 Å². The lowest BCUT2D eigenvalue weighted by molar-refractivity contribution is -0.118. The van der Waals surface area contributed by atoms with Crippen molar-refractivity contribution < 1.29 is 9.21 Å². The van der Waals surface area contributed by atoms with Crippen LogP contribution in [0.1, 0.15) is 30.7 Å². The summed E-state index contributed by atoms with van der Waals surface area (Å²) in [6.07, 6.45) is 1.65. The van der Waals surface area contributed by atoms with Gasteiger partial charge in [-0.05, 0) is 36.8 Å². The summed E-state index contributed by atoms with van der Waals surface area (Å²) in [6.45, 7) is 6.89. The zero-order valence-corrected chi connectivity index (χ0v) is 18.4. The third-order valence-corrected chi connectivity index (χ3v) is 4.72. The zero-order valence-electron chi connectivity index (χ0n) is 18.4. The molecule has 3 N–H and O–H groups in total. The highest BCUT2D eigenvalue weighted by molar-refractivity contribution is 5.92. The van der Waals surface area contributed by atoms with Crippen LogP contribution >= 0.6 is 0 Å². The molecule has 7 heteroatoms. The molecule has 0 bridgehead atoms. The van der Waals surface area contributed by atoms with Gasteiger partial charge in [-0.15, -0.1) is 0 Å². The van der Waals surface area contributed by atoms with Crippen molar-refractivity contribution in [1.29, 1.82) is 0 Å². The van der Waals surface area contributed by atoms with Crippen molar-refractivity contribution in [2.45, 2.75) is 33.9 Å². The highest BCUT2D eigenvalue weighted by atomic mass is 16.3. The number of oxazole rings is 1. The van der Waals surface area contributed by atoms with Crippen LogP contribution < -0.4 is 16.0 Å². The first kappa shape index (κ1) is 22.1. The number of hydrogen-bond donors (Lipinski definition) is 3. The number of rotatable bonds is 7. The van der Waals surface area contributed by atoms with Gasteiger partial charge in [0.25, 0.3) is 0 Å². The number of nitrogens with one attached hydrogen (secondary N) is 3. The van der Waals surface area contributed by atoms with Crippen molar-refractivity contribution in [1.82, 2.24) is 15.6 Å². The van der Waals surface area contributed by atoms with Crippen molar-refractivity contribution in [2.24, 2.45) is 10.9 Å². The van der Waals surface area contributed by atoms with Crippen molar-refractivity contribution in [3.63, 3.8) is 0 Å². The van der Waals surface area contributed by atoms with E-state index in [1.54, 1.807) is 13.3 Å². The fourth-order valence-corrected chi connectivity index (χ4v) is 2.79. The molecule has 1 heterocycles. The fraction of sp³-hybridized carbons (Fsp3) is 0.292. The second-order valence-electron chi connectivity index (χ2n) is 7.63. The van der Waals surface area contributed by atoms with Gasteiger partial charge in [0.2, 0.25) is 11.8 Å². The number of carbonyl (C=O) groups excluding carboxylic acids is 1. The SMILES string of the molecule is CN=C(NCc1ccc(NC(=O)C(C)C)cc1)NCc1coc(-c2ccc(C)cc2)n1. The minimum Gasteiger partial charge on any atom is -0.444 e. The first-order valence-corrected chi connectivity index (χ1v) is 10.3. The Balaban J connectivity index is 1.49. The van der Waals surface area contributed by atoms with E-state index in [2.05, 4.69) is 25.9 Å². The third kappa shape index (κ3) is 6.44. The van der Waals surface area contributed by atoms with Gasteiger partial charge in [0.1, 0.15) is 6.26 Å². The number of guanidine groups is 1. The fourth-order valence-electron chi connectivity index (χ4n) is 2.79. The van der Waals surface area contributed by atoms with Gasteiger partial charge in [0, 0.05) is 30.8 Å². The van der Waals surface area contributed by atoms with Crippen LogP contribution in [0.15, 0.2) is 64.2 Å². The molecule has 0 spiro atoms. The molecule has 0 aliphatic rings. The smallest absolute Gasteiger partial charge is 0.226 e. The molecule has 3 aromatic rings. The van der Waals surface area contributed by atoms with Crippen molar-refractivity contribution in [2.75, 3.05) is 12.4 Å². The molecule has 2 aromatic carbocycles. The summed E-state index contributed by atoms with van der Waals surface area (Å²) in [7, 11) is 1.72. The Kier molecular flexibility index (Phi) is 7.43. The van der Waals surface area contributed by atoms with E-state index < -0.39 is 0 Å². The maximum atomic E-state index is 11.8. The number of aliphatic imine (C=N–C) groups is 1. The van der Waals surface area contributed by atoms with Gasteiger partial charge in [0.05, 0.1) is 12.2 Å². The quantitative estimate of drug-likeness (QED) is 0.396. The van der Waals surface area contributed by atoms with Gasteiger partial charge in [-0.3, -0.25) is 9.79 Å². The molecule has 0 atom stereocenters. The molecule has 0 aliphatic heterocycles. The summed E-state index contributed by atoms with van der Waals surface area (Å²) in [5, 5.41) is 9.40. The Bertz CT molecular complexity index is 1020. The van der Waals surface area contributed by atoms with Gasteiger partial charge < -0.3 is 20.4 Å². The van der Waals surface area contributed by atoms with Gasteiger partial charge in [-0.25, -0.2) is 4.98 Å². The van der Waals surface area contributed by atoms with E-state index in [1.165, 1.54) is 5.56 Å². The molecule has 1 aromatic heterocycles. The summed E-state index contributed by atoms with van der Waals surface area (Å²) >= 11 is 0. The number of nitrogens with zero attached hydrogens (tertiary/aromatic N) is 2. The van der Waals surface area contributed by atoms with Crippen molar-refractivity contribution in [3.05, 3.63) is 71.6 Å². The van der Waals surface area contributed by atoms with Crippen LogP contribution in [0.2, 0.25) is 0 Å². The molecule has 162 valence electrons. The maximum absolute atomic E-state index is 11.8. The minimum atomic E-state index is -0.0478. The minimum absolute atomic E-state index is 0.00821. The Morgan fingerprint density at radius 3 is 2.35 bits per heavy atom. The van der Waals surface area contributed by atoms with Crippen LogP contribution in [0.4, 0.5) is 5.69 Å². The maximum Gasteiger partial charge on any atom is 0.226 e. The molecular formula is C24H29N5O2. The number of carbonyl (C=O) groups is 1. The summed E-state index contributed by atoms with van der Waals surface area (Å²) in [5.41, 5.74) is 4.81. The Morgan fingerprint density at radius 2 is 1.71 bits per heavy atom. The third-order valence-electron chi connectivity index (χ3n) is 4.72. The molecular weight excluding hydrogens is 390 g/mol. The topological polar surface area (TPSA) is 91.5 Å². The van der Waals surface area contributed by atoms with E-state index in [0.717, 1.165) is 22.5 Å². The number of aromatic nitrogens is 1. The molecule has 0 saturated carbocycles. The largest absolute Gasteiger partial charge is 0.444 e. The predicted molar refractivity (Wildman–Crippen MR) is 124 cm³/mol. The molecule has 7 nitrogen and oxygen atoms in total. The predicted octanol–water partition coefficient (Wildman–Crippen LogP) is 4.11. The standard InChI is InChI=1S/C24H29N5O2/c1-16(2)22(30)28-20-11-7-18(8-12-20)13-26-24(25-4)27-14-21-15-31-23(29-21)19-9-5-17(3)6-10-19/h5-12,15-16H,13-14H2,1-4H3,(H,28,30)(H2,25,26,27). The van der Waals surface area contributed by atoms with Gasteiger partial charge in [-0.1, -0.05) is 43.7 Å². The molecule has 0 aliphatic carbocycles. The molecule has 0 saturated heterocycles. The zero-order chi connectivity index (χ0) is 22.2. The first-order chi connectivity index (χ1) is 14.9. The van der Waals surface area contributed by atoms with Crippen LogP contribution in [0.3, 0.4) is 0 Å². The number of amides is 1. The number of hydrogen-bond acceptors (Lipinski definition) is 4. The highest BCUT2D eigenvalue weighted by Crippen LogP contribution is 2.19. The molecule has 0 fully saturated rings. The number of benzene rings is 2. The molecule has 31 heavy (non-hydrogen) atoms. The highest BCUT2D eigenvalue weighted by Gasteiger charge is 2.08. The summed E-state index contributed by atoms with van der Waals surface area (Å²) in [5.74, 6) is 1.23. The lowest BCUT2D eigenvalue weighted by Crippen LogP contribution is -2.36. The molecule has 3 rings (SSSR count). The summed E-state index contributed by atoms with van der Waals surface area (Å²) in [4.78, 5) is 20.6. The Hall–Kier alpha value is -3.61. The average molecular weight is 420 g/mol. The Morgan fingerprint density at radius 1 is 1.03 bits per heavy atom. The number of aryl methyl sites for hydroxylation is 1. The van der Waals surface area contributed by atoms with Crippen LogP contribution in [0, 0.1) is 12.8 Å².